The number of nitrogens with one attached hydrogen (secondary N) is 1. The minimum atomic E-state index is -0.189. The third-order valence-electron chi connectivity index (χ3n) is 4.35. The lowest BCUT2D eigenvalue weighted by atomic mass is 9.93. The SMILES string of the molecule is CCN(C(=O)Nc1cccc(OCCOC)c1)[C@@H]1CCOC(C)(C)C1. The molecule has 1 saturated heterocycles. The highest BCUT2D eigenvalue weighted by molar-refractivity contribution is 5.89. The number of urea groups is 1. The molecular formula is C19H30N2O4. The van der Waals surface area contributed by atoms with Gasteiger partial charge in [0.25, 0.3) is 0 Å². The molecule has 2 rings (SSSR count). The van der Waals surface area contributed by atoms with Crippen molar-refractivity contribution < 1.29 is 19.0 Å². The molecule has 1 aliphatic heterocycles. The lowest BCUT2D eigenvalue weighted by molar-refractivity contribution is -0.0758. The number of methoxy groups -OCH3 is 1. The average molecular weight is 350 g/mol. The lowest BCUT2D eigenvalue weighted by Gasteiger charge is -2.40. The number of carbonyl (C=O) groups is 1. The molecule has 0 aliphatic carbocycles. The van der Waals surface area contributed by atoms with E-state index in [1.54, 1.807) is 7.11 Å². The first kappa shape index (κ1) is 19.5. The van der Waals surface area contributed by atoms with Crippen LogP contribution in [-0.4, -0.2) is 56.0 Å². The summed E-state index contributed by atoms with van der Waals surface area (Å²) in [5, 5.41) is 2.98. The molecule has 140 valence electrons. The summed E-state index contributed by atoms with van der Waals surface area (Å²) < 4.78 is 16.3. The van der Waals surface area contributed by atoms with Crippen LogP contribution in [0.15, 0.2) is 24.3 Å². The molecule has 1 fully saturated rings. The molecule has 0 aromatic heterocycles. The van der Waals surface area contributed by atoms with Crippen molar-refractivity contribution in [3.05, 3.63) is 24.3 Å². The molecule has 1 atom stereocenters. The van der Waals surface area contributed by atoms with Crippen molar-refractivity contribution in [2.24, 2.45) is 0 Å². The monoisotopic (exact) mass is 350 g/mol. The summed E-state index contributed by atoms with van der Waals surface area (Å²) in [7, 11) is 1.64. The number of rotatable bonds is 7. The zero-order valence-electron chi connectivity index (χ0n) is 15.7. The normalized spacial score (nSPS) is 19.3. The Kier molecular flexibility index (Phi) is 7.08. The van der Waals surface area contributed by atoms with E-state index in [1.807, 2.05) is 36.1 Å². The van der Waals surface area contributed by atoms with Crippen molar-refractivity contribution >= 4 is 11.7 Å². The minimum absolute atomic E-state index is 0.0840. The maximum atomic E-state index is 12.7. The zero-order chi connectivity index (χ0) is 18.3. The van der Waals surface area contributed by atoms with Gasteiger partial charge in [0.2, 0.25) is 0 Å². The third kappa shape index (κ3) is 5.90. The maximum absolute atomic E-state index is 12.7. The number of nitrogens with zero attached hydrogens (tertiary/aromatic N) is 1. The maximum Gasteiger partial charge on any atom is 0.322 e. The number of anilines is 1. The first-order valence-corrected chi connectivity index (χ1v) is 8.88. The van der Waals surface area contributed by atoms with Crippen molar-refractivity contribution in [3.63, 3.8) is 0 Å². The molecule has 1 heterocycles. The van der Waals surface area contributed by atoms with Crippen LogP contribution in [0.3, 0.4) is 0 Å². The summed E-state index contributed by atoms with van der Waals surface area (Å²) in [6.07, 6.45) is 1.71. The molecule has 0 bridgehead atoms. The number of hydrogen-bond acceptors (Lipinski definition) is 4. The molecule has 1 aromatic carbocycles. The van der Waals surface area contributed by atoms with Crippen LogP contribution in [0.2, 0.25) is 0 Å². The average Bonchev–Trinajstić information content (AvgIpc) is 2.55. The lowest BCUT2D eigenvalue weighted by Crippen LogP contribution is -2.49. The summed E-state index contributed by atoms with van der Waals surface area (Å²) in [5.41, 5.74) is 0.538. The highest BCUT2D eigenvalue weighted by atomic mass is 16.5. The first-order chi connectivity index (χ1) is 11.9. The Morgan fingerprint density at radius 2 is 2.20 bits per heavy atom. The van der Waals surface area contributed by atoms with Gasteiger partial charge in [0.1, 0.15) is 12.4 Å². The van der Waals surface area contributed by atoms with Gasteiger partial charge in [-0.1, -0.05) is 6.07 Å². The fourth-order valence-electron chi connectivity index (χ4n) is 3.14. The van der Waals surface area contributed by atoms with Gasteiger partial charge in [0, 0.05) is 38.1 Å². The van der Waals surface area contributed by atoms with Gasteiger partial charge in [0.15, 0.2) is 0 Å². The van der Waals surface area contributed by atoms with Crippen LogP contribution in [-0.2, 0) is 9.47 Å². The van der Waals surface area contributed by atoms with Crippen molar-refractivity contribution in [1.82, 2.24) is 4.90 Å². The minimum Gasteiger partial charge on any atom is -0.491 e. The van der Waals surface area contributed by atoms with Crippen molar-refractivity contribution in [3.8, 4) is 5.75 Å². The summed E-state index contributed by atoms with van der Waals surface area (Å²) >= 11 is 0. The van der Waals surface area contributed by atoms with Crippen LogP contribution < -0.4 is 10.1 Å². The highest BCUT2D eigenvalue weighted by Crippen LogP contribution is 2.28. The third-order valence-corrected chi connectivity index (χ3v) is 4.35. The van der Waals surface area contributed by atoms with Crippen LogP contribution in [0.5, 0.6) is 5.75 Å². The molecule has 1 N–H and O–H groups in total. The van der Waals surface area contributed by atoms with Crippen LogP contribution in [0.4, 0.5) is 10.5 Å². The van der Waals surface area contributed by atoms with Crippen LogP contribution in [0.25, 0.3) is 0 Å². The van der Waals surface area contributed by atoms with Crippen LogP contribution >= 0.6 is 0 Å². The quantitative estimate of drug-likeness (QED) is 0.764. The van der Waals surface area contributed by atoms with Gasteiger partial charge >= 0.3 is 6.03 Å². The molecule has 0 spiro atoms. The van der Waals surface area contributed by atoms with Crippen molar-refractivity contribution in [1.29, 1.82) is 0 Å². The fraction of sp³-hybridized carbons (Fsp3) is 0.632. The van der Waals surface area contributed by atoms with Crippen LogP contribution in [0, 0.1) is 0 Å². The largest absolute Gasteiger partial charge is 0.491 e. The number of benzene rings is 1. The van der Waals surface area contributed by atoms with Gasteiger partial charge in [-0.3, -0.25) is 0 Å². The summed E-state index contributed by atoms with van der Waals surface area (Å²) in [6, 6.07) is 7.53. The summed E-state index contributed by atoms with van der Waals surface area (Å²) in [5.74, 6) is 0.713. The van der Waals surface area contributed by atoms with E-state index in [9.17, 15) is 4.79 Å². The highest BCUT2D eigenvalue weighted by Gasteiger charge is 2.33. The molecular weight excluding hydrogens is 320 g/mol. The molecule has 0 saturated carbocycles. The Labute approximate surface area is 150 Å². The number of carbonyl (C=O) groups excluding carboxylic acids is 1. The van der Waals surface area contributed by atoms with E-state index in [1.165, 1.54) is 0 Å². The van der Waals surface area contributed by atoms with Crippen molar-refractivity contribution in [2.45, 2.75) is 45.3 Å². The second kappa shape index (κ2) is 9.06. The van der Waals surface area contributed by atoms with Gasteiger partial charge in [-0.25, -0.2) is 4.79 Å². The molecule has 6 nitrogen and oxygen atoms in total. The molecule has 0 radical (unpaired) electrons. The summed E-state index contributed by atoms with van der Waals surface area (Å²) in [6.45, 7) is 8.51. The Morgan fingerprint density at radius 3 is 2.88 bits per heavy atom. The van der Waals surface area contributed by atoms with E-state index in [4.69, 9.17) is 14.2 Å². The Hall–Kier alpha value is -1.79. The van der Waals surface area contributed by atoms with E-state index in [-0.39, 0.29) is 17.7 Å². The second-order valence-corrected chi connectivity index (χ2v) is 6.84. The first-order valence-electron chi connectivity index (χ1n) is 8.88. The predicted molar refractivity (Wildman–Crippen MR) is 98.3 cm³/mol. The Morgan fingerprint density at radius 1 is 1.40 bits per heavy atom. The number of hydrogen-bond donors (Lipinski definition) is 1. The molecule has 6 heteroatoms. The number of amides is 2. The van der Waals surface area contributed by atoms with E-state index in [0.29, 0.717) is 32.1 Å². The smallest absolute Gasteiger partial charge is 0.322 e. The van der Waals surface area contributed by atoms with Gasteiger partial charge in [-0.2, -0.15) is 0 Å². The summed E-state index contributed by atoms with van der Waals surface area (Å²) in [4.78, 5) is 14.6. The van der Waals surface area contributed by atoms with Gasteiger partial charge in [-0.05, 0) is 45.7 Å². The van der Waals surface area contributed by atoms with Gasteiger partial charge in [-0.15, -0.1) is 0 Å². The van der Waals surface area contributed by atoms with Gasteiger partial charge < -0.3 is 24.4 Å². The molecule has 1 aliphatic rings. The standard InChI is InChI=1S/C19H30N2O4/c1-5-21(16-9-10-25-19(2,3)14-16)18(22)20-15-7-6-8-17(13-15)24-12-11-23-4/h6-8,13,16H,5,9-12,14H2,1-4H3,(H,20,22)/t16-/m1/s1. The van der Waals surface area contributed by atoms with E-state index >= 15 is 0 Å². The predicted octanol–water partition coefficient (Wildman–Crippen LogP) is 3.52. The van der Waals surface area contributed by atoms with Crippen LogP contribution in [0.1, 0.15) is 33.6 Å². The second-order valence-electron chi connectivity index (χ2n) is 6.84. The van der Waals surface area contributed by atoms with Gasteiger partial charge in [0.05, 0.1) is 12.2 Å². The molecule has 2 amide bonds. The zero-order valence-corrected chi connectivity index (χ0v) is 15.7. The number of ether oxygens (including phenoxy) is 3. The molecule has 1 aromatic rings. The Bertz CT molecular complexity index is 562. The van der Waals surface area contributed by atoms with Crippen molar-refractivity contribution in [2.75, 3.05) is 38.8 Å². The van der Waals surface area contributed by atoms with E-state index in [2.05, 4.69) is 19.2 Å². The molecule has 25 heavy (non-hydrogen) atoms. The Balaban J connectivity index is 1.98. The topological polar surface area (TPSA) is 60.0 Å². The molecule has 0 unspecified atom stereocenters. The van der Waals surface area contributed by atoms with E-state index < -0.39 is 0 Å². The fourth-order valence-corrected chi connectivity index (χ4v) is 3.14. The van der Waals surface area contributed by atoms with E-state index in [0.717, 1.165) is 18.5 Å².